The highest BCUT2D eigenvalue weighted by atomic mass is 16.5. The first-order valence-corrected chi connectivity index (χ1v) is 5.89. The molecule has 0 saturated carbocycles. The van der Waals surface area contributed by atoms with Crippen LogP contribution in [0.15, 0.2) is 54.6 Å². The van der Waals surface area contributed by atoms with Gasteiger partial charge in [-0.1, -0.05) is 18.2 Å². The summed E-state index contributed by atoms with van der Waals surface area (Å²) in [7, 11) is 0. The molecular formula is C15H15NO2. The Labute approximate surface area is 107 Å². The molecule has 3 nitrogen and oxygen atoms in total. The van der Waals surface area contributed by atoms with Gasteiger partial charge in [-0.15, -0.1) is 0 Å². The third-order valence-corrected chi connectivity index (χ3v) is 2.47. The maximum Gasteiger partial charge on any atom is 0.216 e. The van der Waals surface area contributed by atoms with Gasteiger partial charge in [0.25, 0.3) is 0 Å². The van der Waals surface area contributed by atoms with E-state index in [2.05, 4.69) is 0 Å². The Balaban J connectivity index is 2.18. The monoisotopic (exact) mass is 241 g/mol. The van der Waals surface area contributed by atoms with Gasteiger partial charge in [-0.25, -0.2) is 0 Å². The van der Waals surface area contributed by atoms with Gasteiger partial charge in [0.1, 0.15) is 5.75 Å². The number of ether oxygens (including phenoxy) is 1. The van der Waals surface area contributed by atoms with Gasteiger partial charge in [-0.2, -0.15) is 4.74 Å². The fraction of sp³-hybridized carbons (Fsp3) is 0.133. The van der Waals surface area contributed by atoms with Gasteiger partial charge < -0.3 is 9.94 Å². The van der Waals surface area contributed by atoms with E-state index in [9.17, 15) is 5.21 Å². The van der Waals surface area contributed by atoms with Crippen molar-refractivity contribution in [1.82, 2.24) is 0 Å². The highest BCUT2D eigenvalue weighted by Crippen LogP contribution is 2.17. The van der Waals surface area contributed by atoms with Crippen LogP contribution in [0.5, 0.6) is 5.75 Å². The average Bonchev–Trinajstić information content (AvgIpc) is 2.41. The van der Waals surface area contributed by atoms with Crippen molar-refractivity contribution >= 4 is 11.9 Å². The summed E-state index contributed by atoms with van der Waals surface area (Å²) >= 11 is 0. The molecule has 0 amide bonds. The summed E-state index contributed by atoms with van der Waals surface area (Å²) in [6.07, 6.45) is 1.55. The van der Waals surface area contributed by atoms with Gasteiger partial charge in [-0.05, 0) is 31.2 Å². The Hall–Kier alpha value is -2.29. The Kier molecular flexibility index (Phi) is 3.97. The fourth-order valence-corrected chi connectivity index (χ4v) is 1.60. The van der Waals surface area contributed by atoms with Crippen LogP contribution in [0.25, 0.3) is 0 Å². The summed E-state index contributed by atoms with van der Waals surface area (Å²) in [4.78, 5) is 0. The van der Waals surface area contributed by atoms with E-state index in [0.717, 1.165) is 16.1 Å². The van der Waals surface area contributed by atoms with Crippen molar-refractivity contribution < 1.29 is 9.48 Å². The second-order valence-electron chi connectivity index (χ2n) is 3.79. The van der Waals surface area contributed by atoms with Crippen LogP contribution in [0, 0.1) is 5.21 Å². The normalized spacial score (nSPS) is 11.3. The van der Waals surface area contributed by atoms with Crippen LogP contribution in [0.4, 0.5) is 5.69 Å². The molecule has 0 fully saturated rings. The van der Waals surface area contributed by atoms with E-state index in [1.54, 1.807) is 30.5 Å². The number of benzene rings is 2. The topological polar surface area (TPSA) is 35.3 Å². The van der Waals surface area contributed by atoms with Crippen molar-refractivity contribution in [2.45, 2.75) is 6.92 Å². The highest BCUT2D eigenvalue weighted by molar-refractivity contribution is 5.76. The van der Waals surface area contributed by atoms with Crippen LogP contribution in [-0.2, 0) is 0 Å². The van der Waals surface area contributed by atoms with E-state index in [-0.39, 0.29) is 0 Å². The average molecular weight is 241 g/mol. The summed E-state index contributed by atoms with van der Waals surface area (Å²) in [5.41, 5.74) is 1.46. The van der Waals surface area contributed by atoms with Crippen LogP contribution in [0.3, 0.4) is 0 Å². The summed E-state index contributed by atoms with van der Waals surface area (Å²) in [6, 6.07) is 16.6. The maximum absolute atomic E-state index is 11.9. The first-order valence-electron chi connectivity index (χ1n) is 5.89. The fourth-order valence-electron chi connectivity index (χ4n) is 1.60. The molecule has 18 heavy (non-hydrogen) atoms. The molecule has 0 spiro atoms. The van der Waals surface area contributed by atoms with Crippen LogP contribution in [-0.4, -0.2) is 17.6 Å². The van der Waals surface area contributed by atoms with Gasteiger partial charge in [0.05, 0.1) is 6.61 Å². The summed E-state index contributed by atoms with van der Waals surface area (Å²) < 4.78 is 6.18. The predicted octanol–water partition coefficient (Wildman–Crippen LogP) is 3.35. The summed E-state index contributed by atoms with van der Waals surface area (Å²) in [6.45, 7) is 2.55. The van der Waals surface area contributed by atoms with Crippen LogP contribution in [0.1, 0.15) is 12.5 Å². The molecule has 3 heteroatoms. The quantitative estimate of drug-likeness (QED) is 0.356. The van der Waals surface area contributed by atoms with Crippen LogP contribution in [0.2, 0.25) is 0 Å². The molecular weight excluding hydrogens is 226 g/mol. The Morgan fingerprint density at radius 2 is 1.72 bits per heavy atom. The van der Waals surface area contributed by atoms with Gasteiger partial charge in [-0.3, -0.25) is 0 Å². The number of nitrogens with zero attached hydrogens (tertiary/aromatic N) is 1. The molecule has 0 atom stereocenters. The minimum atomic E-state index is 0.585. The number of hydrogen-bond acceptors (Lipinski definition) is 2. The number of hydrogen-bond donors (Lipinski definition) is 0. The Bertz CT molecular complexity index is 518. The molecule has 0 aliphatic carbocycles. The summed E-state index contributed by atoms with van der Waals surface area (Å²) in [5, 5.41) is 11.9. The second kappa shape index (κ2) is 5.87. The molecule has 0 radical (unpaired) electrons. The molecule has 92 valence electrons. The molecule has 0 N–H and O–H groups in total. The van der Waals surface area contributed by atoms with E-state index in [4.69, 9.17) is 4.74 Å². The summed E-state index contributed by atoms with van der Waals surface area (Å²) in [5.74, 6) is 0.773. The molecule has 0 heterocycles. The van der Waals surface area contributed by atoms with Crippen molar-refractivity contribution in [2.75, 3.05) is 6.61 Å². The lowest BCUT2D eigenvalue weighted by Crippen LogP contribution is -1.98. The van der Waals surface area contributed by atoms with E-state index < -0.39 is 0 Å². The van der Waals surface area contributed by atoms with E-state index in [0.29, 0.717) is 12.3 Å². The van der Waals surface area contributed by atoms with Crippen LogP contribution >= 0.6 is 0 Å². The molecule has 0 aromatic heterocycles. The molecule has 0 saturated heterocycles. The van der Waals surface area contributed by atoms with Crippen LogP contribution < -0.4 is 4.74 Å². The molecule has 0 bridgehead atoms. The predicted molar refractivity (Wildman–Crippen MR) is 72.5 cm³/mol. The third kappa shape index (κ3) is 3.10. The Morgan fingerprint density at radius 1 is 1.06 bits per heavy atom. The van der Waals surface area contributed by atoms with Gasteiger partial charge in [0.15, 0.2) is 6.21 Å². The first-order chi connectivity index (χ1) is 8.79. The largest absolute Gasteiger partial charge is 0.618 e. The van der Waals surface area contributed by atoms with Crippen molar-refractivity contribution in [3.8, 4) is 5.75 Å². The zero-order chi connectivity index (χ0) is 12.8. The molecule has 0 aliphatic heterocycles. The Morgan fingerprint density at radius 3 is 2.33 bits per heavy atom. The maximum atomic E-state index is 11.9. The van der Waals surface area contributed by atoms with E-state index >= 15 is 0 Å². The molecule has 2 aromatic carbocycles. The van der Waals surface area contributed by atoms with Crippen molar-refractivity contribution in [3.63, 3.8) is 0 Å². The zero-order valence-corrected chi connectivity index (χ0v) is 10.2. The molecule has 0 unspecified atom stereocenters. The second-order valence-corrected chi connectivity index (χ2v) is 3.79. The van der Waals surface area contributed by atoms with Gasteiger partial charge >= 0.3 is 0 Å². The standard InChI is InChI=1S/C15H15NO2/c1-2-18-15-10-8-14(9-11-15)16(17)12-13-6-4-3-5-7-13/h3-12H,2H2,1H3. The smallest absolute Gasteiger partial charge is 0.216 e. The molecule has 0 aliphatic rings. The lowest BCUT2D eigenvalue weighted by molar-refractivity contribution is -0.354. The zero-order valence-electron chi connectivity index (χ0n) is 10.2. The van der Waals surface area contributed by atoms with Gasteiger partial charge in [0.2, 0.25) is 5.69 Å². The lowest BCUT2D eigenvalue weighted by Gasteiger charge is -2.05. The van der Waals surface area contributed by atoms with Gasteiger partial charge in [0, 0.05) is 17.7 Å². The first kappa shape index (κ1) is 12.2. The third-order valence-electron chi connectivity index (χ3n) is 2.47. The SMILES string of the molecule is CCOc1ccc([N+]([O-])=Cc2ccccc2)cc1. The minimum absolute atomic E-state index is 0.585. The molecule has 2 rings (SSSR count). The van der Waals surface area contributed by atoms with E-state index in [1.165, 1.54) is 0 Å². The lowest BCUT2D eigenvalue weighted by atomic mass is 10.2. The van der Waals surface area contributed by atoms with Crippen molar-refractivity contribution in [1.29, 1.82) is 0 Å². The van der Waals surface area contributed by atoms with E-state index in [1.807, 2.05) is 37.3 Å². The minimum Gasteiger partial charge on any atom is -0.618 e. The number of rotatable bonds is 4. The molecule has 2 aromatic rings. The highest BCUT2D eigenvalue weighted by Gasteiger charge is 2.02. The van der Waals surface area contributed by atoms with Crippen molar-refractivity contribution in [3.05, 3.63) is 65.4 Å². The van der Waals surface area contributed by atoms with Crippen molar-refractivity contribution in [2.24, 2.45) is 0 Å².